The Hall–Kier alpha value is -7.64. The highest BCUT2D eigenvalue weighted by Gasteiger charge is 2.32. The van der Waals surface area contributed by atoms with E-state index in [9.17, 15) is 45.5 Å². The number of nitrogens with one attached hydrogen (secondary N) is 2. The van der Waals surface area contributed by atoms with Crippen LogP contribution in [0.2, 0.25) is 0 Å². The Morgan fingerprint density at radius 1 is 0.500 bits per heavy atom. The summed E-state index contributed by atoms with van der Waals surface area (Å²) in [4.78, 5) is 73.9. The number of esters is 2. The number of amides is 2. The molecule has 6 aromatic rings. The van der Waals surface area contributed by atoms with Gasteiger partial charge >= 0.3 is 24.3 Å². The van der Waals surface area contributed by atoms with Gasteiger partial charge in [0.2, 0.25) is 0 Å². The van der Waals surface area contributed by atoms with Gasteiger partial charge in [0.05, 0.1) is 49.3 Å². The van der Waals surface area contributed by atoms with Crippen LogP contribution in [0.4, 0.5) is 26.3 Å². The van der Waals surface area contributed by atoms with E-state index in [-0.39, 0.29) is 49.6 Å². The van der Waals surface area contributed by atoms with E-state index in [0.717, 1.165) is 98.1 Å². The Labute approximate surface area is 435 Å². The van der Waals surface area contributed by atoms with Gasteiger partial charge in [0.1, 0.15) is 0 Å². The smallest absolute Gasteiger partial charge is 0.416 e. The molecule has 0 bridgehead atoms. The van der Waals surface area contributed by atoms with E-state index in [4.69, 9.17) is 0 Å². The third-order valence-corrected chi connectivity index (χ3v) is 13.8. The van der Waals surface area contributed by atoms with Crippen molar-refractivity contribution in [3.8, 4) is 22.8 Å². The summed E-state index contributed by atoms with van der Waals surface area (Å²) in [7, 11) is 2.59. The molecule has 8 rings (SSSR count). The van der Waals surface area contributed by atoms with Crippen LogP contribution < -0.4 is 10.6 Å². The van der Waals surface area contributed by atoms with Gasteiger partial charge in [0.15, 0.2) is 11.6 Å². The standard InChI is InChI=1S/2C28H29F3N4O3/c2*1-38-25(36)12-13-32-27(37)20-8-11-23(33-15-20)14-24(18-4-2-3-5-18)21-16-34-26(35-17-21)19-6-9-22(10-7-19)28(29,30)31/h2*6-11,15-18,24H,2-5,12-14H2,1H3,(H,32,37)/t2*24-/m10/s1. The Morgan fingerprint density at radius 3 is 1.13 bits per heavy atom. The molecule has 2 atom stereocenters. The molecule has 0 saturated heterocycles. The molecular weight excluding hydrogens is 995 g/mol. The monoisotopic (exact) mass is 1050 g/mol. The number of carbonyl (C=O) groups excluding carboxylic acids is 4. The van der Waals surface area contributed by atoms with Gasteiger partial charge in [-0.15, -0.1) is 0 Å². The largest absolute Gasteiger partial charge is 0.469 e. The van der Waals surface area contributed by atoms with E-state index in [1.165, 1.54) is 50.9 Å². The maximum Gasteiger partial charge on any atom is 0.416 e. The van der Waals surface area contributed by atoms with Crippen molar-refractivity contribution in [2.75, 3.05) is 27.3 Å². The highest BCUT2D eigenvalue weighted by atomic mass is 19.4. The molecule has 2 fully saturated rings. The van der Waals surface area contributed by atoms with E-state index in [1.807, 2.05) is 12.1 Å². The molecule has 2 saturated carbocycles. The Balaban J connectivity index is 0.000000221. The fourth-order valence-electron chi connectivity index (χ4n) is 9.58. The van der Waals surface area contributed by atoms with Gasteiger partial charge < -0.3 is 20.1 Å². The summed E-state index contributed by atoms with van der Waals surface area (Å²) in [5.74, 6) is 0.470. The zero-order chi connectivity index (χ0) is 54.2. The lowest BCUT2D eigenvalue weighted by Gasteiger charge is -2.23. The molecule has 2 aromatic carbocycles. The summed E-state index contributed by atoms with van der Waals surface area (Å²) in [5.41, 5.74) is 4.00. The minimum Gasteiger partial charge on any atom is -0.469 e. The average molecular weight is 1050 g/mol. The summed E-state index contributed by atoms with van der Waals surface area (Å²) in [6.07, 6.45) is 11.8. The third-order valence-electron chi connectivity index (χ3n) is 13.8. The first kappa shape index (κ1) is 56.1. The molecule has 0 unspecified atom stereocenters. The topological polar surface area (TPSA) is 188 Å². The zero-order valence-corrected chi connectivity index (χ0v) is 42.0. The first-order chi connectivity index (χ1) is 36.5. The zero-order valence-electron chi connectivity index (χ0n) is 42.0. The normalized spacial score (nSPS) is 14.7. The highest BCUT2D eigenvalue weighted by Crippen LogP contribution is 2.41. The number of carbonyl (C=O) groups is 4. The van der Waals surface area contributed by atoms with E-state index in [2.05, 4.69) is 50.0 Å². The fraction of sp³-hybridized carbons (Fsp3) is 0.393. The quantitative estimate of drug-likeness (QED) is 0.0613. The lowest BCUT2D eigenvalue weighted by molar-refractivity contribution is -0.141. The van der Waals surface area contributed by atoms with Gasteiger partial charge in [-0.1, -0.05) is 49.9 Å². The number of aromatic nitrogens is 6. The van der Waals surface area contributed by atoms with Crippen LogP contribution in [0.15, 0.2) is 110 Å². The lowest BCUT2D eigenvalue weighted by Crippen LogP contribution is -2.26. The number of rotatable bonds is 18. The molecule has 20 heteroatoms. The van der Waals surface area contributed by atoms with Crippen molar-refractivity contribution in [3.63, 3.8) is 0 Å². The van der Waals surface area contributed by atoms with E-state index in [1.54, 1.807) is 36.9 Å². The summed E-state index contributed by atoms with van der Waals surface area (Å²) in [6.45, 7) is 0.360. The minimum absolute atomic E-state index is 0.0938. The first-order valence-corrected chi connectivity index (χ1v) is 25.1. The molecule has 2 N–H and O–H groups in total. The van der Waals surface area contributed by atoms with Gasteiger partial charge in [-0.2, -0.15) is 26.3 Å². The highest BCUT2D eigenvalue weighted by molar-refractivity contribution is 5.94. The number of benzene rings is 2. The third kappa shape index (κ3) is 15.7. The van der Waals surface area contributed by atoms with E-state index in [0.29, 0.717) is 58.6 Å². The van der Waals surface area contributed by atoms with Crippen molar-refractivity contribution in [2.24, 2.45) is 11.8 Å². The van der Waals surface area contributed by atoms with E-state index < -0.39 is 35.4 Å². The maximum atomic E-state index is 12.9. The van der Waals surface area contributed by atoms with Crippen molar-refractivity contribution in [1.29, 1.82) is 0 Å². The van der Waals surface area contributed by atoms with Crippen LogP contribution in [0.1, 0.15) is 130 Å². The molecule has 0 radical (unpaired) electrons. The summed E-state index contributed by atoms with van der Waals surface area (Å²) in [6, 6.07) is 16.7. The molecular formula is C56H58F6N8O6. The van der Waals surface area contributed by atoms with E-state index >= 15 is 0 Å². The number of nitrogens with zero attached hydrogens (tertiary/aromatic N) is 6. The van der Waals surface area contributed by atoms with Crippen molar-refractivity contribution in [2.45, 2.75) is 101 Å². The second-order valence-corrected chi connectivity index (χ2v) is 18.8. The van der Waals surface area contributed by atoms with Crippen LogP contribution in [0.3, 0.4) is 0 Å². The molecule has 2 amide bonds. The number of ether oxygens (including phenoxy) is 2. The number of halogens is 6. The van der Waals surface area contributed by atoms with Crippen LogP contribution in [-0.2, 0) is 44.3 Å². The molecule has 4 aromatic heterocycles. The molecule has 400 valence electrons. The second-order valence-electron chi connectivity index (χ2n) is 18.8. The molecule has 76 heavy (non-hydrogen) atoms. The van der Waals surface area contributed by atoms with Crippen LogP contribution in [0, 0.1) is 11.8 Å². The van der Waals surface area contributed by atoms with Crippen LogP contribution >= 0.6 is 0 Å². The number of hydrogen-bond donors (Lipinski definition) is 2. The first-order valence-electron chi connectivity index (χ1n) is 25.1. The van der Waals surface area contributed by atoms with Gasteiger partial charge in [-0.3, -0.25) is 29.1 Å². The average Bonchev–Trinajstić information content (AvgIpc) is 4.18. The number of hydrogen-bond acceptors (Lipinski definition) is 12. The molecule has 2 aliphatic carbocycles. The predicted molar refractivity (Wildman–Crippen MR) is 268 cm³/mol. The van der Waals surface area contributed by atoms with Crippen molar-refractivity contribution < 1.29 is 55.0 Å². The van der Waals surface area contributed by atoms with Gasteiger partial charge in [-0.25, -0.2) is 19.9 Å². The van der Waals surface area contributed by atoms with Gasteiger partial charge in [0.25, 0.3) is 11.8 Å². The van der Waals surface area contributed by atoms with Crippen molar-refractivity contribution >= 4 is 23.8 Å². The summed E-state index contributed by atoms with van der Waals surface area (Å²) >= 11 is 0. The minimum atomic E-state index is -4.39. The SMILES string of the molecule is COC(=O)CCNC(=O)c1ccc(C[C@@H](c2cnc(-c3ccc(C(F)(F)F)cc3)nc2)C2CCCC2)nc1.COC(=O)CCNC(=O)c1ccc(C[C@H](c2cnc(-c3ccc(C(F)(F)F)cc3)nc2)C2CCCC2)nc1. The molecule has 14 nitrogen and oxygen atoms in total. The summed E-state index contributed by atoms with van der Waals surface area (Å²) < 4.78 is 86.3. The second kappa shape index (κ2) is 26.2. The fourth-order valence-corrected chi connectivity index (χ4v) is 9.58. The summed E-state index contributed by atoms with van der Waals surface area (Å²) in [5, 5.41) is 5.34. The Morgan fingerprint density at radius 2 is 0.842 bits per heavy atom. The molecule has 2 aliphatic rings. The van der Waals surface area contributed by atoms with Crippen molar-refractivity contribution in [3.05, 3.63) is 155 Å². The molecule has 0 aliphatic heterocycles. The number of alkyl halides is 6. The number of methoxy groups -OCH3 is 2. The van der Waals surface area contributed by atoms with Gasteiger partial charge in [0, 0.05) is 72.8 Å². The van der Waals surface area contributed by atoms with Crippen LogP contribution in [-0.4, -0.2) is 81.0 Å². The Bertz CT molecular complexity index is 2640. The molecule has 4 heterocycles. The maximum absolute atomic E-state index is 12.9. The van der Waals surface area contributed by atoms with Crippen LogP contribution in [0.25, 0.3) is 22.8 Å². The number of pyridine rings is 2. The molecule has 0 spiro atoms. The Kier molecular flexibility index (Phi) is 19.4. The van der Waals surface area contributed by atoms with Crippen molar-refractivity contribution in [1.82, 2.24) is 40.5 Å². The van der Waals surface area contributed by atoms with Gasteiger partial charge in [-0.05, 0) is 122 Å². The predicted octanol–water partition coefficient (Wildman–Crippen LogP) is 10.7. The lowest BCUT2D eigenvalue weighted by atomic mass is 9.82. The van der Waals surface area contributed by atoms with Crippen LogP contribution in [0.5, 0.6) is 0 Å².